The number of nitrogens with two attached hydrogens (primary N) is 1. The predicted octanol–water partition coefficient (Wildman–Crippen LogP) is 4.63. The Balaban J connectivity index is 0.00000420. The van der Waals surface area contributed by atoms with Gasteiger partial charge in [0.2, 0.25) is 5.91 Å². The molecule has 3 N–H and O–H groups in total. The van der Waals surface area contributed by atoms with Gasteiger partial charge in [0.15, 0.2) is 5.96 Å². The molecule has 2 rings (SSSR count). The van der Waals surface area contributed by atoms with Gasteiger partial charge in [-0.3, -0.25) is 9.79 Å². The number of benzene rings is 2. The average Bonchev–Trinajstić information content (AvgIpc) is 2.64. The van der Waals surface area contributed by atoms with Crippen LogP contribution in [0.4, 0.5) is 5.69 Å². The average molecular weight is 575 g/mol. The van der Waals surface area contributed by atoms with Gasteiger partial charge in [-0.25, -0.2) is 0 Å². The molecule has 0 aliphatic heterocycles. The van der Waals surface area contributed by atoms with Crippen molar-refractivity contribution in [3.8, 4) is 5.75 Å². The smallest absolute Gasteiger partial charge is 0.224 e. The SMILES string of the molecule is CC(C)Oc1ccc(NC(N)=NCCC(=O)N(C)Cc2ccccc2Br)cc1.I. The van der Waals surface area contributed by atoms with Crippen LogP contribution in [0.1, 0.15) is 25.8 Å². The third kappa shape index (κ3) is 9.03. The fourth-order valence-corrected chi connectivity index (χ4v) is 2.92. The van der Waals surface area contributed by atoms with Crippen LogP contribution in [0.25, 0.3) is 0 Å². The van der Waals surface area contributed by atoms with Crippen molar-refractivity contribution in [3.05, 3.63) is 58.6 Å². The van der Waals surface area contributed by atoms with E-state index in [0.717, 1.165) is 21.5 Å². The normalized spacial score (nSPS) is 11.0. The molecular weight excluding hydrogens is 547 g/mol. The third-order valence-corrected chi connectivity index (χ3v) is 4.67. The number of rotatable bonds is 8. The molecule has 0 fully saturated rings. The first-order valence-corrected chi connectivity index (χ1v) is 9.95. The van der Waals surface area contributed by atoms with Crippen LogP contribution in [-0.4, -0.2) is 36.5 Å². The summed E-state index contributed by atoms with van der Waals surface area (Å²) < 4.78 is 6.59. The van der Waals surface area contributed by atoms with Crippen LogP contribution in [0.2, 0.25) is 0 Å². The molecule has 8 heteroatoms. The van der Waals surface area contributed by atoms with E-state index in [1.54, 1.807) is 11.9 Å². The molecule has 0 aliphatic carbocycles. The van der Waals surface area contributed by atoms with E-state index in [1.807, 2.05) is 62.4 Å². The number of guanidine groups is 1. The maximum atomic E-state index is 12.3. The lowest BCUT2D eigenvalue weighted by Gasteiger charge is -2.17. The molecule has 2 aromatic carbocycles. The van der Waals surface area contributed by atoms with Crippen LogP contribution in [-0.2, 0) is 11.3 Å². The van der Waals surface area contributed by atoms with Gasteiger partial charge in [-0.05, 0) is 49.7 Å². The molecule has 29 heavy (non-hydrogen) atoms. The van der Waals surface area contributed by atoms with E-state index in [2.05, 4.69) is 26.2 Å². The summed E-state index contributed by atoms with van der Waals surface area (Å²) in [4.78, 5) is 18.2. The Morgan fingerprint density at radius 1 is 1.21 bits per heavy atom. The molecule has 0 atom stereocenters. The first-order chi connectivity index (χ1) is 13.3. The largest absolute Gasteiger partial charge is 0.491 e. The molecule has 2 aromatic rings. The lowest BCUT2D eigenvalue weighted by Crippen LogP contribution is -2.28. The van der Waals surface area contributed by atoms with Gasteiger partial charge < -0.3 is 20.7 Å². The molecule has 0 heterocycles. The summed E-state index contributed by atoms with van der Waals surface area (Å²) in [5, 5.41) is 3.01. The number of amides is 1. The fourth-order valence-electron chi connectivity index (χ4n) is 2.51. The zero-order valence-electron chi connectivity index (χ0n) is 16.9. The number of aliphatic imine (C=N–C) groups is 1. The second kappa shape index (κ2) is 12.7. The minimum absolute atomic E-state index is 0. The van der Waals surface area contributed by atoms with Crippen molar-refractivity contribution in [2.75, 3.05) is 18.9 Å². The number of carbonyl (C=O) groups excluding carboxylic acids is 1. The molecule has 0 aliphatic rings. The van der Waals surface area contributed by atoms with Crippen LogP contribution >= 0.6 is 39.9 Å². The Morgan fingerprint density at radius 3 is 2.48 bits per heavy atom. The van der Waals surface area contributed by atoms with E-state index < -0.39 is 0 Å². The second-order valence-corrected chi connectivity index (χ2v) is 7.53. The lowest BCUT2D eigenvalue weighted by atomic mass is 10.2. The Kier molecular flexibility index (Phi) is 11.0. The maximum Gasteiger partial charge on any atom is 0.224 e. The molecule has 158 valence electrons. The summed E-state index contributed by atoms with van der Waals surface area (Å²) in [7, 11) is 1.79. The van der Waals surface area contributed by atoms with Crippen molar-refractivity contribution >= 4 is 57.5 Å². The Hall–Kier alpha value is -1.81. The van der Waals surface area contributed by atoms with Crippen LogP contribution in [0.5, 0.6) is 5.75 Å². The highest BCUT2D eigenvalue weighted by atomic mass is 127. The van der Waals surface area contributed by atoms with Gasteiger partial charge in [-0.1, -0.05) is 34.1 Å². The number of carbonyl (C=O) groups is 1. The summed E-state index contributed by atoms with van der Waals surface area (Å²) in [5.41, 5.74) is 7.78. The van der Waals surface area contributed by atoms with Gasteiger partial charge in [-0.2, -0.15) is 0 Å². The number of nitrogens with one attached hydrogen (secondary N) is 1. The zero-order chi connectivity index (χ0) is 20.5. The highest BCUT2D eigenvalue weighted by molar-refractivity contribution is 14.0. The van der Waals surface area contributed by atoms with Gasteiger partial charge >= 0.3 is 0 Å². The van der Waals surface area contributed by atoms with Gasteiger partial charge in [-0.15, -0.1) is 24.0 Å². The summed E-state index contributed by atoms with van der Waals surface area (Å²) in [6, 6.07) is 15.3. The summed E-state index contributed by atoms with van der Waals surface area (Å²) in [6.07, 6.45) is 0.425. The van der Waals surface area contributed by atoms with Crippen molar-refractivity contribution in [3.63, 3.8) is 0 Å². The Labute approximate surface area is 198 Å². The van der Waals surface area contributed by atoms with Crippen molar-refractivity contribution < 1.29 is 9.53 Å². The highest BCUT2D eigenvalue weighted by Gasteiger charge is 2.10. The van der Waals surface area contributed by atoms with E-state index in [1.165, 1.54) is 0 Å². The van der Waals surface area contributed by atoms with Crippen molar-refractivity contribution in [1.29, 1.82) is 0 Å². The Morgan fingerprint density at radius 2 is 1.86 bits per heavy atom. The fraction of sp³-hybridized carbons (Fsp3) is 0.333. The predicted molar refractivity (Wildman–Crippen MR) is 133 cm³/mol. The van der Waals surface area contributed by atoms with Gasteiger partial charge in [0.25, 0.3) is 0 Å². The summed E-state index contributed by atoms with van der Waals surface area (Å²) in [5.74, 6) is 1.09. The molecular formula is C21H28BrIN4O2. The lowest BCUT2D eigenvalue weighted by molar-refractivity contribution is -0.130. The number of ether oxygens (including phenoxy) is 1. The first-order valence-electron chi connectivity index (χ1n) is 9.16. The summed E-state index contributed by atoms with van der Waals surface area (Å²) >= 11 is 3.50. The quantitative estimate of drug-likeness (QED) is 0.274. The van der Waals surface area contributed by atoms with E-state index >= 15 is 0 Å². The maximum absolute atomic E-state index is 12.3. The van der Waals surface area contributed by atoms with E-state index in [-0.39, 0.29) is 41.9 Å². The number of nitrogens with zero attached hydrogens (tertiary/aromatic N) is 2. The highest BCUT2D eigenvalue weighted by Crippen LogP contribution is 2.18. The number of halogens is 2. The molecule has 0 radical (unpaired) electrons. The third-order valence-electron chi connectivity index (χ3n) is 3.90. The number of hydrogen-bond acceptors (Lipinski definition) is 3. The van der Waals surface area contributed by atoms with E-state index in [9.17, 15) is 4.79 Å². The minimum Gasteiger partial charge on any atom is -0.491 e. The van der Waals surface area contributed by atoms with Gasteiger partial charge in [0.05, 0.1) is 12.6 Å². The van der Waals surface area contributed by atoms with Crippen LogP contribution in [0.15, 0.2) is 58.0 Å². The van der Waals surface area contributed by atoms with Crippen molar-refractivity contribution in [2.24, 2.45) is 10.7 Å². The van der Waals surface area contributed by atoms with Crippen LogP contribution < -0.4 is 15.8 Å². The minimum atomic E-state index is 0. The first kappa shape index (κ1) is 25.2. The standard InChI is InChI=1S/C21H27BrN4O2.HI/c1-15(2)28-18-10-8-17(9-11-18)25-21(23)24-13-12-20(27)26(3)14-16-6-4-5-7-19(16)22;/h4-11,15H,12-14H2,1-3H3,(H3,23,24,25);1H. The molecule has 0 bridgehead atoms. The van der Waals surface area contributed by atoms with Crippen molar-refractivity contribution in [1.82, 2.24) is 4.90 Å². The van der Waals surface area contributed by atoms with Crippen LogP contribution in [0.3, 0.4) is 0 Å². The molecule has 0 saturated heterocycles. The van der Waals surface area contributed by atoms with Gasteiger partial charge in [0, 0.05) is 30.2 Å². The van der Waals surface area contributed by atoms with Gasteiger partial charge in [0.1, 0.15) is 5.75 Å². The zero-order valence-corrected chi connectivity index (χ0v) is 20.8. The second-order valence-electron chi connectivity index (χ2n) is 6.67. The monoisotopic (exact) mass is 574 g/mol. The molecule has 0 saturated carbocycles. The molecule has 0 spiro atoms. The number of hydrogen-bond donors (Lipinski definition) is 2. The molecule has 1 amide bonds. The summed E-state index contributed by atoms with van der Waals surface area (Å²) in [6.45, 7) is 4.83. The topological polar surface area (TPSA) is 80.0 Å². The van der Waals surface area contributed by atoms with Crippen LogP contribution in [0, 0.1) is 0 Å². The molecule has 0 unspecified atom stereocenters. The number of anilines is 1. The molecule has 0 aromatic heterocycles. The van der Waals surface area contributed by atoms with E-state index in [0.29, 0.717) is 19.5 Å². The Bertz CT molecular complexity index is 813. The molecule has 6 nitrogen and oxygen atoms in total. The van der Waals surface area contributed by atoms with E-state index in [4.69, 9.17) is 10.5 Å². The van der Waals surface area contributed by atoms with Crippen molar-refractivity contribution in [2.45, 2.75) is 32.9 Å².